The van der Waals surface area contributed by atoms with Crippen LogP contribution in [0.2, 0.25) is 0 Å². The zero-order valence-electron chi connectivity index (χ0n) is 10.7. The van der Waals surface area contributed by atoms with Crippen molar-refractivity contribution >= 4 is 0 Å². The Morgan fingerprint density at radius 1 is 1.24 bits per heavy atom. The second kappa shape index (κ2) is 6.74. The van der Waals surface area contributed by atoms with Crippen LogP contribution in [0, 0.1) is 12.3 Å². The van der Waals surface area contributed by atoms with Gasteiger partial charge < -0.3 is 15.5 Å². The minimum Gasteiger partial charge on any atom is -0.396 e. The summed E-state index contributed by atoms with van der Waals surface area (Å²) >= 11 is 0. The van der Waals surface area contributed by atoms with Crippen LogP contribution in [0.3, 0.4) is 0 Å². The van der Waals surface area contributed by atoms with Gasteiger partial charge in [-0.05, 0) is 25.5 Å². The van der Waals surface area contributed by atoms with Crippen molar-refractivity contribution in [3.63, 3.8) is 0 Å². The fraction of sp³-hybridized carbons (Fsp3) is 0.571. The van der Waals surface area contributed by atoms with Gasteiger partial charge in [0.15, 0.2) is 0 Å². The fourth-order valence-electron chi connectivity index (χ4n) is 1.65. The van der Waals surface area contributed by atoms with Crippen molar-refractivity contribution in [2.24, 2.45) is 5.41 Å². The molecule has 3 N–H and O–H groups in total. The van der Waals surface area contributed by atoms with E-state index >= 15 is 0 Å². The summed E-state index contributed by atoms with van der Waals surface area (Å²) in [7, 11) is 0. The predicted molar refractivity (Wildman–Crippen MR) is 70.0 cm³/mol. The van der Waals surface area contributed by atoms with Gasteiger partial charge in [-0.15, -0.1) is 0 Å². The first kappa shape index (κ1) is 14.2. The molecule has 0 atom stereocenters. The minimum atomic E-state index is -0.424. The van der Waals surface area contributed by atoms with E-state index in [1.165, 1.54) is 11.1 Å². The maximum atomic E-state index is 9.14. The van der Waals surface area contributed by atoms with Gasteiger partial charge in [0.2, 0.25) is 0 Å². The van der Waals surface area contributed by atoms with Crippen molar-refractivity contribution in [1.82, 2.24) is 5.32 Å². The molecular weight excluding hydrogens is 214 g/mol. The van der Waals surface area contributed by atoms with Gasteiger partial charge in [-0.3, -0.25) is 0 Å². The lowest BCUT2D eigenvalue weighted by atomic mass is 9.93. The lowest BCUT2D eigenvalue weighted by molar-refractivity contribution is 0.0700. The largest absolute Gasteiger partial charge is 0.396 e. The van der Waals surface area contributed by atoms with E-state index in [9.17, 15) is 0 Å². The fourth-order valence-corrected chi connectivity index (χ4v) is 1.65. The Balaban J connectivity index is 2.29. The average Bonchev–Trinajstić information content (AvgIpc) is 2.34. The number of aliphatic hydroxyl groups excluding tert-OH is 2. The van der Waals surface area contributed by atoms with Crippen molar-refractivity contribution < 1.29 is 10.2 Å². The highest BCUT2D eigenvalue weighted by atomic mass is 16.3. The van der Waals surface area contributed by atoms with E-state index in [1.54, 1.807) is 0 Å². The molecule has 1 aromatic carbocycles. The molecule has 96 valence electrons. The Labute approximate surface area is 103 Å². The molecule has 0 bridgehead atoms. The van der Waals surface area contributed by atoms with E-state index in [1.807, 2.05) is 6.92 Å². The Morgan fingerprint density at radius 2 is 1.94 bits per heavy atom. The first-order chi connectivity index (χ1) is 8.09. The van der Waals surface area contributed by atoms with Crippen LogP contribution in [0.4, 0.5) is 0 Å². The lowest BCUT2D eigenvalue weighted by Gasteiger charge is -2.24. The summed E-state index contributed by atoms with van der Waals surface area (Å²) in [6.45, 7) is 5.45. The van der Waals surface area contributed by atoms with Crippen LogP contribution < -0.4 is 5.32 Å². The molecule has 1 aromatic rings. The Kier molecular flexibility index (Phi) is 5.62. The molecule has 0 aliphatic rings. The summed E-state index contributed by atoms with van der Waals surface area (Å²) in [5, 5.41) is 21.6. The van der Waals surface area contributed by atoms with Gasteiger partial charge in [0.1, 0.15) is 0 Å². The van der Waals surface area contributed by atoms with Gasteiger partial charge in [0.25, 0.3) is 0 Å². The highest BCUT2D eigenvalue weighted by molar-refractivity contribution is 5.22. The van der Waals surface area contributed by atoms with Crippen molar-refractivity contribution in [3.8, 4) is 0 Å². The zero-order valence-corrected chi connectivity index (χ0v) is 10.7. The highest BCUT2D eigenvalue weighted by Gasteiger charge is 2.21. The number of aryl methyl sites for hydroxylation is 1. The van der Waals surface area contributed by atoms with E-state index < -0.39 is 5.41 Å². The normalized spacial score (nSPS) is 11.8. The maximum Gasteiger partial charge on any atom is 0.0518 e. The molecule has 0 unspecified atom stereocenters. The van der Waals surface area contributed by atoms with Crippen LogP contribution in [0.15, 0.2) is 24.3 Å². The first-order valence-electron chi connectivity index (χ1n) is 6.08. The molecule has 0 aliphatic carbocycles. The van der Waals surface area contributed by atoms with Gasteiger partial charge in [-0.2, -0.15) is 0 Å². The van der Waals surface area contributed by atoms with Crippen molar-refractivity contribution in [2.75, 3.05) is 26.3 Å². The third-order valence-electron chi connectivity index (χ3n) is 2.99. The summed E-state index contributed by atoms with van der Waals surface area (Å²) < 4.78 is 0. The summed E-state index contributed by atoms with van der Waals surface area (Å²) in [6.07, 6.45) is 0.967. The Morgan fingerprint density at radius 3 is 2.53 bits per heavy atom. The Hall–Kier alpha value is -0.900. The second-order valence-corrected chi connectivity index (χ2v) is 5.04. The zero-order chi connectivity index (χ0) is 12.7. The number of hydrogen-bond donors (Lipinski definition) is 3. The Bertz CT molecular complexity index is 335. The molecule has 0 amide bonds. The molecule has 1 rings (SSSR count). The van der Waals surface area contributed by atoms with E-state index in [-0.39, 0.29) is 13.2 Å². The number of nitrogens with one attached hydrogen (secondary N) is 1. The summed E-state index contributed by atoms with van der Waals surface area (Å²) in [5.41, 5.74) is 2.16. The molecule has 0 aromatic heterocycles. The van der Waals surface area contributed by atoms with E-state index in [4.69, 9.17) is 10.2 Å². The van der Waals surface area contributed by atoms with Crippen LogP contribution in [0.1, 0.15) is 18.1 Å². The van der Waals surface area contributed by atoms with E-state index in [0.29, 0.717) is 6.54 Å². The van der Waals surface area contributed by atoms with Crippen LogP contribution in [0.25, 0.3) is 0 Å². The third-order valence-corrected chi connectivity index (χ3v) is 2.99. The molecule has 3 nitrogen and oxygen atoms in total. The molecule has 0 heterocycles. The summed E-state index contributed by atoms with van der Waals surface area (Å²) in [5.74, 6) is 0. The molecule has 0 spiro atoms. The van der Waals surface area contributed by atoms with Gasteiger partial charge in [-0.1, -0.05) is 36.8 Å². The van der Waals surface area contributed by atoms with Crippen LogP contribution >= 0.6 is 0 Å². The highest BCUT2D eigenvalue weighted by Crippen LogP contribution is 2.12. The molecule has 0 fully saturated rings. The molecule has 0 radical (unpaired) electrons. The molecular formula is C14H23NO2. The lowest BCUT2D eigenvalue weighted by Crippen LogP contribution is -2.38. The quantitative estimate of drug-likeness (QED) is 0.623. The molecule has 3 heteroatoms. The van der Waals surface area contributed by atoms with Gasteiger partial charge >= 0.3 is 0 Å². The van der Waals surface area contributed by atoms with Crippen molar-refractivity contribution in [2.45, 2.75) is 20.3 Å². The first-order valence-corrected chi connectivity index (χ1v) is 6.08. The van der Waals surface area contributed by atoms with Crippen molar-refractivity contribution in [3.05, 3.63) is 35.4 Å². The minimum absolute atomic E-state index is 0.000938. The molecule has 0 aliphatic heterocycles. The van der Waals surface area contributed by atoms with Gasteiger partial charge in [0.05, 0.1) is 13.2 Å². The average molecular weight is 237 g/mol. The van der Waals surface area contributed by atoms with Gasteiger partial charge in [0, 0.05) is 12.0 Å². The topological polar surface area (TPSA) is 52.5 Å². The number of benzene rings is 1. The molecule has 0 saturated heterocycles. The van der Waals surface area contributed by atoms with Crippen LogP contribution in [-0.4, -0.2) is 36.5 Å². The number of rotatable bonds is 7. The van der Waals surface area contributed by atoms with Crippen LogP contribution in [0.5, 0.6) is 0 Å². The summed E-state index contributed by atoms with van der Waals surface area (Å²) in [4.78, 5) is 0. The smallest absolute Gasteiger partial charge is 0.0518 e. The number of aliphatic hydroxyl groups is 2. The van der Waals surface area contributed by atoms with E-state index in [0.717, 1.165) is 13.0 Å². The van der Waals surface area contributed by atoms with E-state index in [2.05, 4.69) is 36.5 Å². The molecule has 17 heavy (non-hydrogen) atoms. The molecule has 0 saturated carbocycles. The SMILES string of the molecule is Cc1cccc(CCNCC(C)(CO)CO)c1. The summed E-state index contributed by atoms with van der Waals surface area (Å²) in [6, 6.07) is 8.45. The predicted octanol–water partition coefficient (Wildman–Crippen LogP) is 1.12. The third kappa shape index (κ3) is 4.86. The monoisotopic (exact) mass is 237 g/mol. The van der Waals surface area contributed by atoms with Crippen LogP contribution in [-0.2, 0) is 6.42 Å². The maximum absolute atomic E-state index is 9.14. The van der Waals surface area contributed by atoms with Crippen molar-refractivity contribution in [1.29, 1.82) is 0 Å². The number of hydrogen-bond acceptors (Lipinski definition) is 3. The standard InChI is InChI=1S/C14H23NO2/c1-12-4-3-5-13(8-12)6-7-15-9-14(2,10-16)11-17/h3-5,8,15-17H,6-7,9-11H2,1-2H3. The van der Waals surface area contributed by atoms with Gasteiger partial charge in [-0.25, -0.2) is 0 Å². The second-order valence-electron chi connectivity index (χ2n) is 5.04.